The van der Waals surface area contributed by atoms with Gasteiger partial charge in [0.1, 0.15) is 5.75 Å². The van der Waals surface area contributed by atoms with E-state index in [9.17, 15) is 4.79 Å². The van der Waals surface area contributed by atoms with E-state index in [4.69, 9.17) is 21.1 Å². The van der Waals surface area contributed by atoms with Crippen molar-refractivity contribution in [2.45, 2.75) is 38.5 Å². The van der Waals surface area contributed by atoms with Crippen LogP contribution in [0.15, 0.2) is 18.2 Å². The highest BCUT2D eigenvalue weighted by Crippen LogP contribution is 2.24. The number of amides is 1. The lowest BCUT2D eigenvalue weighted by atomic mass is 10.1. The van der Waals surface area contributed by atoms with Crippen molar-refractivity contribution in [3.05, 3.63) is 28.8 Å². The molecule has 126 valence electrons. The average molecular weight is 339 g/mol. The van der Waals surface area contributed by atoms with Gasteiger partial charge in [-0.05, 0) is 44.0 Å². The third-order valence-corrected chi connectivity index (χ3v) is 4.69. The summed E-state index contributed by atoms with van der Waals surface area (Å²) in [6.07, 6.45) is 1.22. The fourth-order valence-corrected chi connectivity index (χ4v) is 3.56. The second-order valence-electron chi connectivity index (χ2n) is 6.45. The number of nitrogens with zero attached hydrogens (tertiary/aromatic N) is 1. The Morgan fingerprint density at radius 1 is 1.48 bits per heavy atom. The van der Waals surface area contributed by atoms with Gasteiger partial charge in [-0.1, -0.05) is 11.6 Å². The molecule has 0 aromatic heterocycles. The number of halogens is 1. The van der Waals surface area contributed by atoms with Gasteiger partial charge in [-0.3, -0.25) is 9.69 Å². The molecule has 23 heavy (non-hydrogen) atoms. The molecule has 2 aliphatic heterocycles. The van der Waals surface area contributed by atoms with E-state index in [0.717, 1.165) is 31.7 Å². The van der Waals surface area contributed by atoms with Gasteiger partial charge in [0.25, 0.3) is 5.91 Å². The van der Waals surface area contributed by atoms with Gasteiger partial charge in [0, 0.05) is 30.2 Å². The Balaban J connectivity index is 1.46. The van der Waals surface area contributed by atoms with E-state index < -0.39 is 0 Å². The number of ether oxygens (including phenoxy) is 2. The number of nitrogens with one attached hydrogen (secondary N) is 1. The van der Waals surface area contributed by atoms with E-state index in [2.05, 4.69) is 17.1 Å². The van der Waals surface area contributed by atoms with Crippen molar-refractivity contribution >= 4 is 17.5 Å². The van der Waals surface area contributed by atoms with Crippen molar-refractivity contribution in [3.8, 4) is 5.75 Å². The van der Waals surface area contributed by atoms with Gasteiger partial charge < -0.3 is 14.8 Å². The number of morpholine rings is 1. The third kappa shape index (κ3) is 4.16. The first-order valence-electron chi connectivity index (χ1n) is 8.05. The van der Waals surface area contributed by atoms with E-state index in [-0.39, 0.29) is 24.7 Å². The number of fused-ring (bicyclic) bond motifs is 1. The van der Waals surface area contributed by atoms with Crippen LogP contribution in [0, 0.1) is 6.92 Å². The monoisotopic (exact) mass is 338 g/mol. The van der Waals surface area contributed by atoms with Crippen LogP contribution in [0.25, 0.3) is 0 Å². The summed E-state index contributed by atoms with van der Waals surface area (Å²) in [6, 6.07) is 5.98. The molecule has 0 unspecified atom stereocenters. The van der Waals surface area contributed by atoms with E-state index in [1.54, 1.807) is 12.1 Å². The minimum atomic E-state index is -0.0850. The lowest BCUT2D eigenvalue weighted by Crippen LogP contribution is -2.45. The molecule has 2 saturated heterocycles. The zero-order valence-corrected chi connectivity index (χ0v) is 14.3. The normalized spacial score (nSPS) is 27.5. The molecule has 0 radical (unpaired) electrons. The third-order valence-electron chi connectivity index (χ3n) is 4.45. The van der Waals surface area contributed by atoms with Crippen molar-refractivity contribution < 1.29 is 14.3 Å². The second kappa shape index (κ2) is 7.07. The zero-order valence-electron chi connectivity index (χ0n) is 13.5. The molecule has 1 amide bonds. The molecule has 2 aliphatic rings. The molecule has 1 N–H and O–H groups in total. The fraction of sp³-hybridized carbons (Fsp3) is 0.588. The van der Waals surface area contributed by atoms with Gasteiger partial charge in [0.2, 0.25) is 0 Å². The number of hydrogen-bond donors (Lipinski definition) is 1. The van der Waals surface area contributed by atoms with Crippen molar-refractivity contribution in [3.63, 3.8) is 0 Å². The molecular weight excluding hydrogens is 316 g/mol. The van der Waals surface area contributed by atoms with Crippen LogP contribution < -0.4 is 10.1 Å². The Bertz CT molecular complexity index is 581. The molecule has 0 aliphatic carbocycles. The highest BCUT2D eigenvalue weighted by atomic mass is 35.5. The van der Waals surface area contributed by atoms with Crippen LogP contribution in [0.1, 0.15) is 18.9 Å². The molecule has 0 saturated carbocycles. The SMILES string of the molecule is Cc1cc(Cl)ccc1OCC(=O)N[C@H]1C[C@H]2CO[C@H](C)CN2C1. The Morgan fingerprint density at radius 3 is 3.09 bits per heavy atom. The summed E-state index contributed by atoms with van der Waals surface area (Å²) in [4.78, 5) is 14.5. The molecule has 0 bridgehead atoms. The molecule has 0 spiro atoms. The summed E-state index contributed by atoms with van der Waals surface area (Å²) < 4.78 is 11.3. The van der Waals surface area contributed by atoms with E-state index in [1.807, 2.05) is 13.0 Å². The Morgan fingerprint density at radius 2 is 2.30 bits per heavy atom. The van der Waals surface area contributed by atoms with Crippen molar-refractivity contribution in [1.82, 2.24) is 10.2 Å². The topological polar surface area (TPSA) is 50.8 Å². The summed E-state index contributed by atoms with van der Waals surface area (Å²) in [5, 5.41) is 3.73. The molecule has 2 heterocycles. The van der Waals surface area contributed by atoms with Crippen molar-refractivity contribution in [2.75, 3.05) is 26.3 Å². The lowest BCUT2D eigenvalue weighted by Gasteiger charge is -2.33. The van der Waals surface area contributed by atoms with E-state index >= 15 is 0 Å². The van der Waals surface area contributed by atoms with Gasteiger partial charge in [0.05, 0.1) is 12.7 Å². The van der Waals surface area contributed by atoms with Crippen LogP contribution >= 0.6 is 11.6 Å². The van der Waals surface area contributed by atoms with E-state index in [1.165, 1.54) is 0 Å². The summed E-state index contributed by atoms with van der Waals surface area (Å²) in [5.41, 5.74) is 0.925. The van der Waals surface area contributed by atoms with Crippen LogP contribution in [-0.2, 0) is 9.53 Å². The van der Waals surface area contributed by atoms with Crippen LogP contribution in [0.3, 0.4) is 0 Å². The van der Waals surface area contributed by atoms with Gasteiger partial charge in [-0.2, -0.15) is 0 Å². The maximum Gasteiger partial charge on any atom is 0.258 e. The van der Waals surface area contributed by atoms with Crippen LogP contribution in [0.4, 0.5) is 0 Å². The Hall–Kier alpha value is -1.30. The van der Waals surface area contributed by atoms with Crippen LogP contribution in [0.2, 0.25) is 5.02 Å². The van der Waals surface area contributed by atoms with Gasteiger partial charge in [-0.15, -0.1) is 0 Å². The standard InChI is InChI=1S/C17H23ClN2O3/c1-11-5-13(18)3-4-16(11)23-10-17(21)19-14-6-15-9-22-12(2)7-20(15)8-14/h3-5,12,14-15H,6-10H2,1-2H3,(H,19,21)/t12-,14+,15+/m1/s1. The van der Waals surface area contributed by atoms with Crippen LogP contribution in [0.5, 0.6) is 5.75 Å². The minimum Gasteiger partial charge on any atom is -0.484 e. The van der Waals surface area contributed by atoms with Crippen LogP contribution in [-0.4, -0.2) is 55.3 Å². The summed E-state index contributed by atoms with van der Waals surface area (Å²) in [7, 11) is 0. The molecule has 2 fully saturated rings. The molecular formula is C17H23ClN2O3. The molecule has 1 aromatic rings. The number of benzene rings is 1. The second-order valence-corrected chi connectivity index (χ2v) is 6.89. The van der Waals surface area contributed by atoms with Gasteiger partial charge >= 0.3 is 0 Å². The highest BCUT2D eigenvalue weighted by molar-refractivity contribution is 6.30. The number of aryl methyl sites for hydroxylation is 1. The summed E-state index contributed by atoms with van der Waals surface area (Å²) in [5.74, 6) is 0.605. The van der Waals surface area contributed by atoms with Crippen molar-refractivity contribution in [2.24, 2.45) is 0 Å². The quantitative estimate of drug-likeness (QED) is 0.912. The predicted octanol–water partition coefficient (Wildman–Crippen LogP) is 2.01. The van der Waals surface area contributed by atoms with Gasteiger partial charge in [-0.25, -0.2) is 0 Å². The average Bonchev–Trinajstić information content (AvgIpc) is 2.87. The number of hydrogen-bond acceptors (Lipinski definition) is 4. The molecule has 3 atom stereocenters. The first-order chi connectivity index (χ1) is 11.0. The molecule has 6 heteroatoms. The smallest absolute Gasteiger partial charge is 0.258 e. The maximum atomic E-state index is 12.1. The first-order valence-corrected chi connectivity index (χ1v) is 8.43. The van der Waals surface area contributed by atoms with Crippen molar-refractivity contribution in [1.29, 1.82) is 0 Å². The van der Waals surface area contributed by atoms with Gasteiger partial charge in [0.15, 0.2) is 6.61 Å². The Labute approximate surface area is 141 Å². The number of carbonyl (C=O) groups excluding carboxylic acids is 1. The fourth-order valence-electron chi connectivity index (χ4n) is 3.33. The Kier molecular flexibility index (Phi) is 5.09. The largest absolute Gasteiger partial charge is 0.484 e. The highest BCUT2D eigenvalue weighted by Gasteiger charge is 2.36. The number of carbonyl (C=O) groups is 1. The molecule has 5 nitrogen and oxygen atoms in total. The molecule has 1 aromatic carbocycles. The maximum absolute atomic E-state index is 12.1. The first kappa shape index (κ1) is 16.6. The predicted molar refractivity (Wildman–Crippen MR) is 89.0 cm³/mol. The lowest BCUT2D eigenvalue weighted by molar-refractivity contribution is -0.123. The summed E-state index contributed by atoms with van der Waals surface area (Å²) >= 11 is 5.91. The number of rotatable bonds is 4. The zero-order chi connectivity index (χ0) is 16.4. The summed E-state index contributed by atoms with van der Waals surface area (Å²) in [6.45, 7) is 6.62. The van der Waals surface area contributed by atoms with E-state index in [0.29, 0.717) is 16.8 Å². The molecule has 3 rings (SSSR count). The minimum absolute atomic E-state index is 0.0243.